The number of nitrogens with one attached hydrogen (secondary N) is 1. The third-order valence-corrected chi connectivity index (χ3v) is 8.86. The second kappa shape index (κ2) is 11.3. The number of amides is 1. The molecular formula is C28H38N6O2S. The number of thiophene rings is 1. The molecule has 1 saturated heterocycles. The Balaban J connectivity index is 1.36. The van der Waals surface area contributed by atoms with Crippen LogP contribution in [0.3, 0.4) is 0 Å². The van der Waals surface area contributed by atoms with Gasteiger partial charge >= 0.3 is 0 Å². The first-order chi connectivity index (χ1) is 18.0. The van der Waals surface area contributed by atoms with Crippen molar-refractivity contribution in [2.45, 2.75) is 44.6 Å². The molecule has 3 aromatic rings. The van der Waals surface area contributed by atoms with Crippen molar-refractivity contribution in [3.63, 3.8) is 0 Å². The van der Waals surface area contributed by atoms with Gasteiger partial charge in [-0.25, -0.2) is 9.97 Å². The van der Waals surface area contributed by atoms with Gasteiger partial charge in [0.2, 0.25) is 0 Å². The van der Waals surface area contributed by atoms with Crippen molar-refractivity contribution in [3.05, 3.63) is 41.0 Å². The zero-order chi connectivity index (χ0) is 25.9. The van der Waals surface area contributed by atoms with Crippen LogP contribution in [0.4, 0.5) is 17.3 Å². The van der Waals surface area contributed by atoms with Gasteiger partial charge < -0.3 is 19.9 Å². The highest BCUT2D eigenvalue weighted by Crippen LogP contribution is 2.44. The summed E-state index contributed by atoms with van der Waals surface area (Å²) >= 11 is 1.57. The van der Waals surface area contributed by atoms with Crippen molar-refractivity contribution in [1.82, 2.24) is 19.8 Å². The van der Waals surface area contributed by atoms with E-state index in [1.165, 1.54) is 18.4 Å². The standard InChI is InChI=1S/C28H38N6O2S/c1-5-33-12-13-34(17-21(33)18-36-4)20-10-11-24(29-15-20)31-25-14-22-23(16-30-25)37-27(28(35)32(2)3)26(22)19-8-6-7-9-19/h10-11,14-16,19,21H,5-9,12-13,17-18H2,1-4H3,(H,29,30,31)/t21-/m1/s1. The fourth-order valence-corrected chi connectivity index (χ4v) is 7.01. The number of pyridine rings is 2. The third-order valence-electron chi connectivity index (χ3n) is 7.72. The molecule has 2 fully saturated rings. The van der Waals surface area contributed by atoms with Gasteiger partial charge in [-0.1, -0.05) is 19.8 Å². The predicted octanol–water partition coefficient (Wildman–Crippen LogP) is 4.95. The molecule has 4 heterocycles. The van der Waals surface area contributed by atoms with Crippen molar-refractivity contribution >= 4 is 44.7 Å². The number of ether oxygens (including phenoxy) is 1. The summed E-state index contributed by atoms with van der Waals surface area (Å²) < 4.78 is 6.53. The minimum Gasteiger partial charge on any atom is -0.383 e. The molecule has 198 valence electrons. The summed E-state index contributed by atoms with van der Waals surface area (Å²) in [7, 11) is 5.42. The number of likely N-dealkylation sites (N-methyl/N-ethyl adjacent to an activating group) is 1. The zero-order valence-corrected chi connectivity index (χ0v) is 23.2. The summed E-state index contributed by atoms with van der Waals surface area (Å²) in [5.41, 5.74) is 2.33. The minimum atomic E-state index is 0.0855. The molecule has 0 bridgehead atoms. The molecule has 0 spiro atoms. The number of aromatic nitrogens is 2. The molecule has 1 aliphatic carbocycles. The van der Waals surface area contributed by atoms with Crippen molar-refractivity contribution in [3.8, 4) is 0 Å². The van der Waals surface area contributed by atoms with Crippen LogP contribution in [0.25, 0.3) is 10.1 Å². The lowest BCUT2D eigenvalue weighted by Crippen LogP contribution is -2.54. The van der Waals surface area contributed by atoms with Gasteiger partial charge in [0.25, 0.3) is 5.91 Å². The normalized spacial score (nSPS) is 19.0. The van der Waals surface area contributed by atoms with E-state index in [-0.39, 0.29) is 5.91 Å². The second-order valence-electron chi connectivity index (χ2n) is 10.3. The first-order valence-corrected chi connectivity index (χ1v) is 14.1. The van der Waals surface area contributed by atoms with Crippen LogP contribution in [0.1, 0.15) is 53.8 Å². The minimum absolute atomic E-state index is 0.0855. The number of hydrogen-bond acceptors (Lipinski definition) is 8. The van der Waals surface area contributed by atoms with Gasteiger partial charge in [0.15, 0.2) is 0 Å². The highest BCUT2D eigenvalue weighted by molar-refractivity contribution is 7.21. The molecule has 8 nitrogen and oxygen atoms in total. The first kappa shape index (κ1) is 25.9. The fourth-order valence-electron chi connectivity index (χ4n) is 5.74. The number of nitrogens with zero attached hydrogens (tertiary/aromatic N) is 5. The van der Waals surface area contributed by atoms with Crippen LogP contribution in [-0.2, 0) is 4.74 Å². The smallest absolute Gasteiger partial charge is 0.263 e. The Bertz CT molecular complexity index is 1220. The van der Waals surface area contributed by atoms with E-state index >= 15 is 0 Å². The lowest BCUT2D eigenvalue weighted by Gasteiger charge is -2.41. The molecule has 1 amide bonds. The molecule has 0 unspecified atom stereocenters. The molecule has 1 aliphatic heterocycles. The number of hydrogen-bond donors (Lipinski definition) is 1. The highest BCUT2D eigenvalue weighted by atomic mass is 32.1. The third kappa shape index (κ3) is 5.44. The van der Waals surface area contributed by atoms with Crippen molar-refractivity contribution < 1.29 is 9.53 Å². The van der Waals surface area contributed by atoms with Crippen molar-refractivity contribution in [2.24, 2.45) is 0 Å². The van der Waals surface area contributed by atoms with E-state index in [0.29, 0.717) is 12.0 Å². The van der Waals surface area contributed by atoms with Gasteiger partial charge in [0.05, 0.1) is 34.1 Å². The summed E-state index contributed by atoms with van der Waals surface area (Å²) in [6.45, 7) is 6.92. The van der Waals surface area contributed by atoms with Gasteiger partial charge in [0, 0.05) is 52.4 Å². The molecule has 2 aliphatic rings. The van der Waals surface area contributed by atoms with E-state index in [1.54, 1.807) is 23.3 Å². The van der Waals surface area contributed by atoms with Gasteiger partial charge in [-0.15, -0.1) is 11.3 Å². The molecule has 0 radical (unpaired) electrons. The van der Waals surface area contributed by atoms with Crippen LogP contribution >= 0.6 is 11.3 Å². The maximum Gasteiger partial charge on any atom is 0.263 e. The summed E-state index contributed by atoms with van der Waals surface area (Å²) in [4.78, 5) is 29.8. The average molecular weight is 523 g/mol. The maximum absolute atomic E-state index is 13.0. The number of fused-ring (bicyclic) bond motifs is 1. The lowest BCUT2D eigenvalue weighted by atomic mass is 9.94. The molecule has 37 heavy (non-hydrogen) atoms. The Kier molecular flexibility index (Phi) is 7.92. The molecule has 5 rings (SSSR count). The van der Waals surface area contributed by atoms with Crippen LogP contribution in [0.15, 0.2) is 30.6 Å². The van der Waals surface area contributed by atoms with Gasteiger partial charge in [-0.3, -0.25) is 9.69 Å². The van der Waals surface area contributed by atoms with Gasteiger partial charge in [0.1, 0.15) is 11.6 Å². The number of rotatable bonds is 8. The van der Waals surface area contributed by atoms with Crippen LogP contribution in [-0.4, -0.2) is 85.7 Å². The Morgan fingerprint density at radius 1 is 1.16 bits per heavy atom. The Morgan fingerprint density at radius 2 is 1.95 bits per heavy atom. The molecule has 1 atom stereocenters. The van der Waals surface area contributed by atoms with Crippen molar-refractivity contribution in [1.29, 1.82) is 0 Å². The van der Waals surface area contributed by atoms with Gasteiger partial charge in [-0.2, -0.15) is 0 Å². The van der Waals surface area contributed by atoms with Crippen LogP contribution < -0.4 is 10.2 Å². The average Bonchev–Trinajstić information content (AvgIpc) is 3.56. The largest absolute Gasteiger partial charge is 0.383 e. The number of carbonyl (C=O) groups excluding carboxylic acids is 1. The van der Waals surface area contributed by atoms with E-state index in [2.05, 4.69) is 39.2 Å². The Labute approximate surface area is 223 Å². The van der Waals surface area contributed by atoms with E-state index < -0.39 is 0 Å². The first-order valence-electron chi connectivity index (χ1n) is 13.3. The van der Waals surface area contributed by atoms with Gasteiger partial charge in [-0.05, 0) is 49.1 Å². The fraction of sp³-hybridized carbons (Fsp3) is 0.536. The molecule has 9 heteroatoms. The molecule has 3 aromatic heterocycles. The zero-order valence-electron chi connectivity index (χ0n) is 22.4. The maximum atomic E-state index is 13.0. The van der Waals surface area contributed by atoms with Crippen LogP contribution in [0.5, 0.6) is 0 Å². The molecule has 0 aromatic carbocycles. The Hall–Kier alpha value is -2.75. The number of anilines is 3. The van der Waals surface area contributed by atoms with E-state index in [1.807, 2.05) is 32.6 Å². The predicted molar refractivity (Wildman–Crippen MR) is 151 cm³/mol. The molecule has 1 saturated carbocycles. The lowest BCUT2D eigenvalue weighted by molar-refractivity contribution is 0.0831. The summed E-state index contributed by atoms with van der Waals surface area (Å²) in [6, 6.07) is 6.63. The number of methoxy groups -OCH3 is 1. The Morgan fingerprint density at radius 3 is 2.62 bits per heavy atom. The number of piperazine rings is 1. The highest BCUT2D eigenvalue weighted by Gasteiger charge is 2.29. The second-order valence-corrected chi connectivity index (χ2v) is 11.4. The molecular weight excluding hydrogens is 484 g/mol. The quantitative estimate of drug-likeness (QED) is 0.449. The summed E-state index contributed by atoms with van der Waals surface area (Å²) in [5, 5.41) is 4.54. The summed E-state index contributed by atoms with van der Waals surface area (Å²) in [6.07, 6.45) is 8.57. The topological polar surface area (TPSA) is 73.8 Å². The number of carbonyl (C=O) groups is 1. The monoisotopic (exact) mass is 522 g/mol. The van der Waals surface area contributed by atoms with Crippen LogP contribution in [0.2, 0.25) is 0 Å². The van der Waals surface area contributed by atoms with E-state index in [4.69, 9.17) is 9.72 Å². The molecule has 1 N–H and O–H groups in total. The van der Waals surface area contributed by atoms with Crippen molar-refractivity contribution in [2.75, 3.05) is 64.2 Å². The van der Waals surface area contributed by atoms with E-state index in [9.17, 15) is 4.79 Å². The van der Waals surface area contributed by atoms with Crippen LogP contribution in [0, 0.1) is 0 Å². The summed E-state index contributed by atoms with van der Waals surface area (Å²) in [5.74, 6) is 2.04. The van der Waals surface area contributed by atoms with E-state index in [0.717, 1.165) is 77.9 Å². The SMILES string of the molecule is CCN1CCN(c2ccc(Nc3cc4c(C5CCCC5)c(C(=O)N(C)C)sc4cn3)nc2)C[C@@H]1COC.